The van der Waals surface area contributed by atoms with Gasteiger partial charge in [0.15, 0.2) is 5.78 Å². The van der Waals surface area contributed by atoms with E-state index in [4.69, 9.17) is 4.74 Å². The predicted octanol–water partition coefficient (Wildman–Crippen LogP) is 3.15. The number of ketones is 1. The summed E-state index contributed by atoms with van der Waals surface area (Å²) in [6, 6.07) is 16.2. The summed E-state index contributed by atoms with van der Waals surface area (Å²) in [4.78, 5) is 17.2. The molecule has 8 nitrogen and oxygen atoms in total. The first kappa shape index (κ1) is 22.9. The zero-order valence-electron chi connectivity index (χ0n) is 17.1. The Kier molecular flexibility index (Phi) is 7.53. The number of hydrogen-bond donors (Lipinski definition) is 1. The van der Waals surface area contributed by atoms with Gasteiger partial charge in [-0.2, -0.15) is 13.7 Å². The number of carbonyl (C=O) groups excluding carboxylic acids is 1. The summed E-state index contributed by atoms with van der Waals surface area (Å²) in [5, 5.41) is 4.18. The lowest BCUT2D eigenvalue weighted by atomic mass is 10.1. The van der Waals surface area contributed by atoms with Crippen molar-refractivity contribution in [3.8, 4) is 0 Å². The van der Waals surface area contributed by atoms with Crippen LogP contribution in [0.5, 0.6) is 0 Å². The van der Waals surface area contributed by atoms with E-state index in [2.05, 4.69) is 14.7 Å². The smallest absolute Gasteiger partial charge is 0.243 e. The van der Waals surface area contributed by atoms with Crippen molar-refractivity contribution in [1.82, 2.24) is 13.7 Å². The molecule has 0 bridgehead atoms. The van der Waals surface area contributed by atoms with Gasteiger partial charge in [0.1, 0.15) is 0 Å². The third-order valence-corrected chi connectivity index (χ3v) is 8.38. The van der Waals surface area contributed by atoms with Crippen LogP contribution in [-0.2, 0) is 20.5 Å². The van der Waals surface area contributed by atoms with Crippen LogP contribution in [0.2, 0.25) is 0 Å². The minimum absolute atomic E-state index is 0.000952. The van der Waals surface area contributed by atoms with Crippen molar-refractivity contribution in [3.63, 3.8) is 0 Å². The average molecular weight is 491 g/mol. The second-order valence-electron chi connectivity index (χ2n) is 6.98. The Balaban J connectivity index is 1.34. The quantitative estimate of drug-likeness (QED) is 0.361. The minimum Gasteiger partial charge on any atom is -0.379 e. The molecule has 1 aromatic heterocycles. The molecular weight excluding hydrogens is 468 g/mol. The van der Waals surface area contributed by atoms with E-state index in [9.17, 15) is 13.2 Å². The molecule has 1 fully saturated rings. The summed E-state index contributed by atoms with van der Waals surface area (Å²) in [5.74, 6) is 0.540. The highest BCUT2D eigenvalue weighted by atomic mass is 32.2. The van der Waals surface area contributed by atoms with Crippen molar-refractivity contribution >= 4 is 44.2 Å². The maximum absolute atomic E-state index is 12.8. The van der Waals surface area contributed by atoms with E-state index in [1.165, 1.54) is 45.3 Å². The summed E-state index contributed by atoms with van der Waals surface area (Å²) in [6.45, 7) is 1.36. The van der Waals surface area contributed by atoms with Crippen LogP contribution in [0, 0.1) is 0 Å². The molecule has 2 aromatic carbocycles. The first-order chi connectivity index (χ1) is 15.5. The van der Waals surface area contributed by atoms with Gasteiger partial charge in [-0.25, -0.2) is 8.42 Å². The number of benzene rings is 2. The Morgan fingerprint density at radius 2 is 1.91 bits per heavy atom. The largest absolute Gasteiger partial charge is 0.379 e. The van der Waals surface area contributed by atoms with Gasteiger partial charge in [-0.15, -0.1) is 0 Å². The third kappa shape index (κ3) is 5.73. The number of hydrogen-bond acceptors (Lipinski definition) is 9. The Morgan fingerprint density at radius 1 is 1.12 bits per heavy atom. The number of sulfonamides is 1. The first-order valence-electron chi connectivity index (χ1n) is 9.98. The number of nitrogens with zero attached hydrogens (tertiary/aromatic N) is 3. The summed E-state index contributed by atoms with van der Waals surface area (Å²) in [5.41, 5.74) is 1.51. The number of Topliss-reactive ketones (excluding diaryl/α,β-unsaturated/α-hetero) is 1. The fraction of sp³-hybridized carbons (Fsp3) is 0.286. The molecule has 0 unspecified atom stereocenters. The highest BCUT2D eigenvalue weighted by Crippen LogP contribution is 2.24. The van der Waals surface area contributed by atoms with Crippen molar-refractivity contribution in [2.24, 2.45) is 0 Å². The number of nitrogens with one attached hydrogen (secondary N) is 1. The fourth-order valence-corrected chi connectivity index (χ4v) is 6.03. The van der Waals surface area contributed by atoms with Gasteiger partial charge in [0, 0.05) is 35.9 Å². The average Bonchev–Trinajstić information content (AvgIpc) is 3.30. The van der Waals surface area contributed by atoms with Crippen LogP contribution in [0.3, 0.4) is 0 Å². The highest BCUT2D eigenvalue weighted by Gasteiger charge is 2.26. The number of carbonyl (C=O) groups is 1. The summed E-state index contributed by atoms with van der Waals surface area (Å²) in [6.07, 6.45) is 0. The maximum Gasteiger partial charge on any atom is 0.243 e. The van der Waals surface area contributed by atoms with Crippen LogP contribution in [0.1, 0.15) is 15.9 Å². The Labute approximate surface area is 195 Å². The molecule has 4 rings (SSSR count). The van der Waals surface area contributed by atoms with E-state index >= 15 is 0 Å². The number of morpholine rings is 1. The van der Waals surface area contributed by atoms with Crippen molar-refractivity contribution in [2.45, 2.75) is 15.8 Å². The van der Waals surface area contributed by atoms with Gasteiger partial charge < -0.3 is 10.1 Å². The minimum atomic E-state index is -3.65. The lowest BCUT2D eigenvalue weighted by Gasteiger charge is -2.26. The van der Waals surface area contributed by atoms with E-state index < -0.39 is 10.0 Å². The molecular formula is C21H22N4O4S3. The number of rotatable bonds is 9. The van der Waals surface area contributed by atoms with Crippen LogP contribution < -0.4 is 5.32 Å². The second-order valence-corrected chi connectivity index (χ2v) is 10.6. The monoisotopic (exact) mass is 490 g/mol. The molecule has 1 aliphatic heterocycles. The maximum atomic E-state index is 12.8. The predicted molar refractivity (Wildman–Crippen MR) is 125 cm³/mol. The molecule has 0 radical (unpaired) electrons. The summed E-state index contributed by atoms with van der Waals surface area (Å²) >= 11 is 2.71. The fourth-order valence-electron chi connectivity index (χ4n) is 3.09. The second kappa shape index (κ2) is 10.5. The third-order valence-electron chi connectivity index (χ3n) is 4.78. The number of aromatic nitrogens is 2. The van der Waals surface area contributed by atoms with Crippen molar-refractivity contribution in [3.05, 3.63) is 65.7 Å². The molecule has 0 saturated carbocycles. The van der Waals surface area contributed by atoms with Crippen LogP contribution >= 0.6 is 23.3 Å². The summed E-state index contributed by atoms with van der Waals surface area (Å²) < 4.78 is 36.6. The van der Waals surface area contributed by atoms with Gasteiger partial charge in [0.2, 0.25) is 20.3 Å². The van der Waals surface area contributed by atoms with Crippen LogP contribution in [0.15, 0.2) is 64.6 Å². The SMILES string of the molecule is O=C(CNc1nc(SCc2ccccc2)ns1)c1cccc(S(=O)(=O)N2CCOCC2)c1. The van der Waals surface area contributed by atoms with Crippen LogP contribution in [0.4, 0.5) is 5.13 Å². The van der Waals surface area contributed by atoms with Gasteiger partial charge in [-0.1, -0.05) is 54.2 Å². The molecule has 0 spiro atoms. The molecule has 1 aliphatic rings. The number of ether oxygens (including phenoxy) is 1. The molecule has 3 aromatic rings. The molecule has 0 amide bonds. The molecule has 1 N–H and O–H groups in total. The molecule has 0 atom stereocenters. The van der Waals surface area contributed by atoms with E-state index in [1.54, 1.807) is 12.1 Å². The molecule has 168 valence electrons. The lowest BCUT2D eigenvalue weighted by Crippen LogP contribution is -2.40. The number of anilines is 1. The Hall–Kier alpha value is -2.31. The Morgan fingerprint density at radius 3 is 2.69 bits per heavy atom. The Bertz CT molecular complexity index is 1160. The zero-order valence-corrected chi connectivity index (χ0v) is 19.6. The van der Waals surface area contributed by atoms with Gasteiger partial charge in [-0.3, -0.25) is 4.79 Å². The normalized spacial score (nSPS) is 14.9. The van der Waals surface area contributed by atoms with Crippen LogP contribution in [-0.4, -0.2) is 60.7 Å². The van der Waals surface area contributed by atoms with Gasteiger partial charge in [-0.05, 0) is 17.7 Å². The molecule has 11 heteroatoms. The van der Waals surface area contributed by atoms with E-state index in [0.29, 0.717) is 42.2 Å². The number of thioether (sulfide) groups is 1. The van der Waals surface area contributed by atoms with Crippen molar-refractivity contribution in [1.29, 1.82) is 0 Å². The van der Waals surface area contributed by atoms with Crippen LogP contribution in [0.25, 0.3) is 0 Å². The standard InChI is InChI=1S/C21H22N4O4S3/c26-19(14-22-20-23-21(24-31-20)30-15-16-5-2-1-3-6-16)17-7-4-8-18(13-17)32(27,28)25-9-11-29-12-10-25/h1-8,13H,9-12,14-15H2,(H,22,23,24). The highest BCUT2D eigenvalue weighted by molar-refractivity contribution is 7.98. The van der Waals surface area contributed by atoms with Crippen molar-refractivity contribution < 1.29 is 17.9 Å². The lowest BCUT2D eigenvalue weighted by molar-refractivity contribution is 0.0730. The van der Waals surface area contributed by atoms with E-state index in [1.807, 2.05) is 30.3 Å². The summed E-state index contributed by atoms with van der Waals surface area (Å²) in [7, 11) is -3.65. The van der Waals surface area contributed by atoms with Gasteiger partial charge in [0.25, 0.3) is 0 Å². The molecule has 0 aliphatic carbocycles. The van der Waals surface area contributed by atoms with E-state index in [0.717, 1.165) is 5.75 Å². The van der Waals surface area contributed by atoms with E-state index in [-0.39, 0.29) is 17.2 Å². The first-order valence-corrected chi connectivity index (χ1v) is 13.2. The zero-order chi connectivity index (χ0) is 22.4. The molecule has 1 saturated heterocycles. The topological polar surface area (TPSA) is 101 Å². The molecule has 2 heterocycles. The van der Waals surface area contributed by atoms with Crippen molar-refractivity contribution in [2.75, 3.05) is 38.2 Å². The van der Waals surface area contributed by atoms with Gasteiger partial charge in [0.05, 0.1) is 24.7 Å². The molecule has 32 heavy (non-hydrogen) atoms. The van der Waals surface area contributed by atoms with Gasteiger partial charge >= 0.3 is 0 Å².